The third-order valence-electron chi connectivity index (χ3n) is 3.40. The molecule has 0 saturated carbocycles. The molecular formula is C12H17F3N6O3S. The lowest BCUT2D eigenvalue weighted by Crippen LogP contribution is -2.51. The monoisotopic (exact) mass is 382 g/mol. The van der Waals surface area contributed by atoms with Crippen molar-refractivity contribution < 1.29 is 27.5 Å². The first-order valence-corrected chi connectivity index (χ1v) is 8.32. The van der Waals surface area contributed by atoms with Crippen molar-refractivity contribution in [2.75, 3.05) is 44.4 Å². The molecule has 0 bridgehead atoms. The molecule has 25 heavy (non-hydrogen) atoms. The Balaban J connectivity index is 1.84. The first-order chi connectivity index (χ1) is 11.7. The molecule has 140 valence electrons. The summed E-state index contributed by atoms with van der Waals surface area (Å²) in [7, 11) is 0. The minimum Gasteiger partial charge on any atom is -0.450 e. The second kappa shape index (κ2) is 7.80. The Labute approximate surface area is 145 Å². The highest BCUT2D eigenvalue weighted by Crippen LogP contribution is 2.28. The highest BCUT2D eigenvalue weighted by Gasteiger charge is 2.38. The van der Waals surface area contributed by atoms with Crippen molar-refractivity contribution in [2.45, 2.75) is 18.3 Å². The number of alkyl halides is 3. The molecule has 2 rings (SSSR count). The van der Waals surface area contributed by atoms with Crippen LogP contribution in [0, 0.1) is 0 Å². The SMILES string of the molecule is CCOC(=O)N1CCN(C(=O)CSc2nnc(C(F)(F)F)n2N)CC1. The number of ether oxygens (including phenoxy) is 1. The number of carbonyl (C=O) groups is 2. The number of hydrogen-bond acceptors (Lipinski definition) is 7. The number of nitrogen functional groups attached to an aromatic ring is 1. The largest absolute Gasteiger partial charge is 0.453 e. The number of aromatic nitrogens is 3. The average molecular weight is 382 g/mol. The van der Waals surface area contributed by atoms with Gasteiger partial charge in [0, 0.05) is 26.2 Å². The van der Waals surface area contributed by atoms with Gasteiger partial charge < -0.3 is 20.4 Å². The standard InChI is InChI=1S/C12H17F3N6O3S/c1-2-24-11(23)20-5-3-19(4-6-20)8(22)7-25-10-18-17-9(21(10)16)12(13,14)15/h2-7,16H2,1H3. The van der Waals surface area contributed by atoms with E-state index < -0.39 is 18.1 Å². The summed E-state index contributed by atoms with van der Waals surface area (Å²) in [6.45, 7) is 3.29. The third kappa shape index (κ3) is 4.67. The zero-order valence-electron chi connectivity index (χ0n) is 13.3. The van der Waals surface area contributed by atoms with E-state index >= 15 is 0 Å². The van der Waals surface area contributed by atoms with E-state index in [0.717, 1.165) is 11.8 Å². The van der Waals surface area contributed by atoms with Gasteiger partial charge in [0.1, 0.15) is 0 Å². The first-order valence-electron chi connectivity index (χ1n) is 7.34. The van der Waals surface area contributed by atoms with Crippen LogP contribution in [0.4, 0.5) is 18.0 Å². The summed E-state index contributed by atoms with van der Waals surface area (Å²) in [6, 6.07) is 0. The summed E-state index contributed by atoms with van der Waals surface area (Å²) in [6.07, 6.45) is -5.14. The minimum atomic E-state index is -4.71. The van der Waals surface area contributed by atoms with Gasteiger partial charge in [-0.25, -0.2) is 9.47 Å². The molecule has 0 aromatic carbocycles. The maximum atomic E-state index is 12.6. The lowest BCUT2D eigenvalue weighted by molar-refractivity contribution is -0.146. The molecule has 1 aliphatic rings. The fraction of sp³-hybridized carbons (Fsp3) is 0.667. The van der Waals surface area contributed by atoms with Crippen LogP contribution in [0.15, 0.2) is 5.16 Å². The van der Waals surface area contributed by atoms with Gasteiger partial charge in [-0.1, -0.05) is 11.8 Å². The molecule has 0 aliphatic carbocycles. The van der Waals surface area contributed by atoms with E-state index in [9.17, 15) is 22.8 Å². The fourth-order valence-electron chi connectivity index (χ4n) is 2.14. The van der Waals surface area contributed by atoms with Crippen molar-refractivity contribution >= 4 is 23.8 Å². The smallest absolute Gasteiger partial charge is 0.450 e. The molecule has 2 heterocycles. The Kier molecular flexibility index (Phi) is 5.98. The third-order valence-corrected chi connectivity index (χ3v) is 4.33. The molecule has 0 spiro atoms. The van der Waals surface area contributed by atoms with E-state index in [1.165, 1.54) is 9.80 Å². The first kappa shape index (κ1) is 19.1. The number of hydrogen-bond donors (Lipinski definition) is 1. The topological polar surface area (TPSA) is 107 Å². The Bertz CT molecular complexity index is 630. The van der Waals surface area contributed by atoms with Gasteiger partial charge in [0.25, 0.3) is 5.82 Å². The maximum Gasteiger partial charge on any atom is 0.453 e. The number of thioether (sulfide) groups is 1. The van der Waals surface area contributed by atoms with E-state index in [0.29, 0.717) is 30.9 Å². The van der Waals surface area contributed by atoms with Gasteiger partial charge in [0.2, 0.25) is 11.1 Å². The van der Waals surface area contributed by atoms with Gasteiger partial charge in [0.15, 0.2) is 0 Å². The highest BCUT2D eigenvalue weighted by molar-refractivity contribution is 7.99. The molecule has 2 amide bonds. The van der Waals surface area contributed by atoms with Crippen molar-refractivity contribution in [2.24, 2.45) is 0 Å². The van der Waals surface area contributed by atoms with Crippen molar-refractivity contribution in [3.63, 3.8) is 0 Å². The van der Waals surface area contributed by atoms with Crippen molar-refractivity contribution in [1.29, 1.82) is 0 Å². The van der Waals surface area contributed by atoms with Crippen LogP contribution in [0.2, 0.25) is 0 Å². The van der Waals surface area contributed by atoms with Crippen LogP contribution in [-0.2, 0) is 15.7 Å². The Morgan fingerprint density at radius 2 is 1.80 bits per heavy atom. The Morgan fingerprint density at radius 3 is 2.32 bits per heavy atom. The number of piperazine rings is 1. The van der Waals surface area contributed by atoms with E-state index in [-0.39, 0.29) is 23.4 Å². The van der Waals surface area contributed by atoms with E-state index in [4.69, 9.17) is 10.6 Å². The summed E-state index contributed by atoms with van der Waals surface area (Å²) in [5, 5.41) is 6.13. The van der Waals surface area contributed by atoms with Gasteiger partial charge in [-0.3, -0.25) is 4.79 Å². The van der Waals surface area contributed by atoms with Gasteiger partial charge in [-0.15, -0.1) is 10.2 Å². The molecule has 1 aromatic rings. The van der Waals surface area contributed by atoms with Crippen LogP contribution in [0.1, 0.15) is 12.7 Å². The second-order valence-electron chi connectivity index (χ2n) is 5.03. The average Bonchev–Trinajstić information content (AvgIpc) is 2.94. The molecule has 13 heteroatoms. The van der Waals surface area contributed by atoms with Gasteiger partial charge in [0.05, 0.1) is 12.4 Å². The molecule has 1 aromatic heterocycles. The molecule has 1 saturated heterocycles. The Hall–Kier alpha value is -2.18. The predicted molar refractivity (Wildman–Crippen MR) is 81.1 cm³/mol. The summed E-state index contributed by atoms with van der Waals surface area (Å²) >= 11 is 0.769. The van der Waals surface area contributed by atoms with Gasteiger partial charge in [-0.05, 0) is 6.92 Å². The molecule has 0 unspecified atom stereocenters. The van der Waals surface area contributed by atoms with E-state index in [1.807, 2.05) is 0 Å². The predicted octanol–water partition coefficient (Wildman–Crippen LogP) is 0.404. The maximum absolute atomic E-state index is 12.6. The number of amides is 2. The van der Waals surface area contributed by atoms with Gasteiger partial charge >= 0.3 is 12.3 Å². The Morgan fingerprint density at radius 1 is 1.20 bits per heavy atom. The summed E-state index contributed by atoms with van der Waals surface area (Å²) in [4.78, 5) is 26.7. The van der Waals surface area contributed by atoms with Crippen LogP contribution in [-0.4, -0.2) is 75.2 Å². The number of carbonyl (C=O) groups excluding carboxylic acids is 2. The molecule has 9 nitrogen and oxygen atoms in total. The molecule has 1 fully saturated rings. The van der Waals surface area contributed by atoms with Crippen LogP contribution < -0.4 is 5.84 Å². The van der Waals surface area contributed by atoms with Crippen LogP contribution in [0.5, 0.6) is 0 Å². The molecular weight excluding hydrogens is 365 g/mol. The lowest BCUT2D eigenvalue weighted by atomic mass is 10.3. The fourth-order valence-corrected chi connectivity index (χ4v) is 2.90. The van der Waals surface area contributed by atoms with Crippen molar-refractivity contribution in [3.8, 4) is 0 Å². The summed E-state index contributed by atoms with van der Waals surface area (Å²) in [5.41, 5.74) is 0. The molecule has 1 aliphatic heterocycles. The lowest BCUT2D eigenvalue weighted by Gasteiger charge is -2.34. The minimum absolute atomic E-state index is 0.132. The molecule has 0 radical (unpaired) electrons. The van der Waals surface area contributed by atoms with Crippen LogP contribution in [0.25, 0.3) is 0 Å². The van der Waals surface area contributed by atoms with Gasteiger partial charge in [-0.2, -0.15) is 13.2 Å². The quantitative estimate of drug-likeness (QED) is 0.593. The number of nitrogens with two attached hydrogens (primary N) is 1. The van der Waals surface area contributed by atoms with Crippen molar-refractivity contribution in [3.05, 3.63) is 5.82 Å². The van der Waals surface area contributed by atoms with Crippen LogP contribution >= 0.6 is 11.8 Å². The number of halogens is 3. The zero-order valence-corrected chi connectivity index (χ0v) is 14.1. The van der Waals surface area contributed by atoms with E-state index in [2.05, 4.69) is 10.2 Å². The van der Waals surface area contributed by atoms with Crippen LogP contribution in [0.3, 0.4) is 0 Å². The molecule has 0 atom stereocenters. The second-order valence-corrected chi connectivity index (χ2v) is 5.97. The normalized spacial score (nSPS) is 15.4. The van der Waals surface area contributed by atoms with E-state index in [1.54, 1.807) is 6.92 Å². The summed E-state index contributed by atoms with van der Waals surface area (Å²) in [5.74, 6) is 3.55. The van der Waals surface area contributed by atoms with Crippen molar-refractivity contribution in [1.82, 2.24) is 24.7 Å². The highest BCUT2D eigenvalue weighted by atomic mass is 32.2. The summed E-state index contributed by atoms with van der Waals surface area (Å²) < 4.78 is 42.9. The zero-order chi connectivity index (χ0) is 18.6. The number of rotatable bonds is 4. The number of nitrogens with zero attached hydrogens (tertiary/aromatic N) is 5. The molecule has 2 N–H and O–H groups in total.